The Morgan fingerprint density at radius 3 is 2.44 bits per heavy atom. The Morgan fingerprint density at radius 1 is 1.30 bits per heavy atom. The average Bonchev–Trinajstić information content (AvgIpc) is 2.50. The largest absolute Gasteiger partial charge is 0.507 e. The van der Waals surface area contributed by atoms with Crippen LogP contribution in [0, 0.1) is 0 Å². The van der Waals surface area contributed by atoms with Crippen molar-refractivity contribution >= 4 is 52.2 Å². The predicted molar refractivity (Wildman–Crippen MR) is 110 cm³/mol. The number of thiocarbonyl (C=S) groups is 2. The first-order chi connectivity index (χ1) is 12.4. The molecule has 1 rings (SSSR count). The topological polar surface area (TPSA) is 134 Å². The van der Waals surface area contributed by atoms with E-state index in [4.69, 9.17) is 34.9 Å². The molecule has 6 N–H and O–H groups in total. The maximum atomic E-state index is 11.9. The van der Waals surface area contributed by atoms with Crippen molar-refractivity contribution < 1.29 is 24.5 Å². The molecule has 8 nitrogen and oxygen atoms in total. The first kappa shape index (κ1) is 22.6. The van der Waals surface area contributed by atoms with Crippen LogP contribution in [-0.4, -0.2) is 43.9 Å². The van der Waals surface area contributed by atoms with Crippen molar-refractivity contribution in [1.29, 1.82) is 0 Å². The van der Waals surface area contributed by atoms with Gasteiger partial charge in [-0.05, 0) is 45.4 Å². The molecular formula is C17H23N3O5S2. The molecule has 0 saturated heterocycles. The van der Waals surface area contributed by atoms with Gasteiger partial charge in [0, 0.05) is 12.1 Å². The summed E-state index contributed by atoms with van der Waals surface area (Å²) in [7, 11) is 0. The van der Waals surface area contributed by atoms with Crippen LogP contribution < -0.4 is 16.4 Å². The van der Waals surface area contributed by atoms with E-state index in [0.29, 0.717) is 5.69 Å². The summed E-state index contributed by atoms with van der Waals surface area (Å²) in [6.45, 7) is 5.19. The number of phenols is 1. The van der Waals surface area contributed by atoms with E-state index in [9.17, 15) is 19.8 Å². The SMILES string of the molecule is CC(C)(C)OC(=O)Nc1ccc(O)c(C(=S)NC(CCC(N)=S)C(=O)O)c1. The van der Waals surface area contributed by atoms with Gasteiger partial charge in [-0.1, -0.05) is 24.4 Å². The Bertz CT molecular complexity index is 747. The number of nitrogens with two attached hydrogens (primary N) is 1. The summed E-state index contributed by atoms with van der Waals surface area (Å²) in [6, 6.07) is 3.19. The van der Waals surface area contributed by atoms with E-state index in [0.717, 1.165) is 0 Å². The van der Waals surface area contributed by atoms with Gasteiger partial charge in [0.05, 0.1) is 10.6 Å². The molecule has 0 fully saturated rings. The standard InChI is InChI=1S/C17H23N3O5S2/c1-17(2,3)25-16(24)19-9-4-6-12(21)10(8-9)14(27)20-11(15(22)23)5-7-13(18)26/h4,6,8,11,21H,5,7H2,1-3H3,(H2,18,26)(H,19,24)(H,20,27)(H,22,23). The Hall–Kier alpha value is -2.46. The van der Waals surface area contributed by atoms with E-state index in [1.165, 1.54) is 18.2 Å². The van der Waals surface area contributed by atoms with Crippen molar-refractivity contribution in [3.05, 3.63) is 23.8 Å². The fourth-order valence-electron chi connectivity index (χ4n) is 2.00. The summed E-state index contributed by atoms with van der Waals surface area (Å²) in [5.41, 5.74) is 5.23. The zero-order valence-electron chi connectivity index (χ0n) is 15.2. The molecule has 1 aromatic rings. The number of hydrogen-bond donors (Lipinski definition) is 5. The molecule has 1 aromatic carbocycles. The van der Waals surface area contributed by atoms with Crippen molar-refractivity contribution in [2.75, 3.05) is 5.32 Å². The van der Waals surface area contributed by atoms with Crippen LogP contribution >= 0.6 is 24.4 Å². The molecule has 0 spiro atoms. The Morgan fingerprint density at radius 2 is 1.93 bits per heavy atom. The maximum Gasteiger partial charge on any atom is 0.412 e. The molecule has 0 heterocycles. The van der Waals surface area contributed by atoms with Gasteiger partial charge in [0.25, 0.3) is 0 Å². The molecule has 27 heavy (non-hydrogen) atoms. The zero-order valence-corrected chi connectivity index (χ0v) is 16.9. The molecule has 0 aliphatic carbocycles. The fraction of sp³-hybridized carbons (Fsp3) is 0.412. The van der Waals surface area contributed by atoms with Gasteiger partial charge in [0.1, 0.15) is 22.4 Å². The van der Waals surface area contributed by atoms with E-state index in [1.807, 2.05) is 0 Å². The van der Waals surface area contributed by atoms with Gasteiger partial charge in [0.2, 0.25) is 0 Å². The second-order valence-corrected chi connectivity index (χ2v) is 7.66. The first-order valence-corrected chi connectivity index (χ1v) is 8.85. The Balaban J connectivity index is 2.91. The van der Waals surface area contributed by atoms with Gasteiger partial charge in [-0.3, -0.25) is 5.32 Å². The number of anilines is 1. The molecule has 0 saturated carbocycles. The van der Waals surface area contributed by atoms with E-state index >= 15 is 0 Å². The van der Waals surface area contributed by atoms with Gasteiger partial charge < -0.3 is 26.0 Å². The molecule has 0 bridgehead atoms. The van der Waals surface area contributed by atoms with Crippen molar-refractivity contribution in [1.82, 2.24) is 5.32 Å². The molecule has 1 atom stereocenters. The number of carbonyl (C=O) groups excluding carboxylic acids is 1. The van der Waals surface area contributed by atoms with E-state index < -0.39 is 23.7 Å². The van der Waals surface area contributed by atoms with Gasteiger partial charge in [-0.2, -0.15) is 0 Å². The number of rotatable bonds is 7. The monoisotopic (exact) mass is 413 g/mol. The number of nitrogens with one attached hydrogen (secondary N) is 2. The summed E-state index contributed by atoms with van der Waals surface area (Å²) in [6.07, 6.45) is -0.298. The molecule has 10 heteroatoms. The lowest BCUT2D eigenvalue weighted by Crippen LogP contribution is -2.40. The number of benzene rings is 1. The third kappa shape index (κ3) is 8.18. The molecule has 1 amide bonds. The quantitative estimate of drug-likeness (QED) is 0.338. The minimum Gasteiger partial charge on any atom is -0.507 e. The molecule has 148 valence electrons. The van der Waals surface area contributed by atoms with Crippen LogP contribution in [0.15, 0.2) is 18.2 Å². The molecule has 0 aromatic heterocycles. The number of carboxylic acids is 1. The third-order valence-electron chi connectivity index (χ3n) is 3.17. The number of carbonyl (C=O) groups is 2. The van der Waals surface area contributed by atoms with Gasteiger partial charge >= 0.3 is 12.1 Å². The Kier molecular flexibility index (Phi) is 7.92. The van der Waals surface area contributed by atoms with Crippen molar-refractivity contribution in [2.24, 2.45) is 5.73 Å². The number of amides is 1. The minimum absolute atomic E-state index is 0.00989. The minimum atomic E-state index is -1.13. The van der Waals surface area contributed by atoms with Crippen LogP contribution in [-0.2, 0) is 9.53 Å². The fourth-order valence-corrected chi connectivity index (χ4v) is 2.42. The van der Waals surface area contributed by atoms with E-state index in [1.54, 1.807) is 20.8 Å². The van der Waals surface area contributed by atoms with Crippen molar-refractivity contribution in [2.45, 2.75) is 45.3 Å². The van der Waals surface area contributed by atoms with E-state index in [2.05, 4.69) is 10.6 Å². The average molecular weight is 414 g/mol. The van der Waals surface area contributed by atoms with Crippen LogP contribution in [0.4, 0.5) is 10.5 Å². The summed E-state index contributed by atoms with van der Waals surface area (Å²) < 4.78 is 5.16. The second kappa shape index (κ2) is 9.47. The first-order valence-electron chi connectivity index (χ1n) is 8.04. The highest BCUT2D eigenvalue weighted by molar-refractivity contribution is 7.80. The van der Waals surface area contributed by atoms with Crippen LogP contribution in [0.5, 0.6) is 5.75 Å². The van der Waals surface area contributed by atoms with E-state index in [-0.39, 0.29) is 34.1 Å². The van der Waals surface area contributed by atoms with Gasteiger partial charge in [0.15, 0.2) is 0 Å². The lowest BCUT2D eigenvalue weighted by atomic mass is 10.1. The van der Waals surface area contributed by atoms with Crippen molar-refractivity contribution in [3.63, 3.8) is 0 Å². The van der Waals surface area contributed by atoms with Crippen molar-refractivity contribution in [3.8, 4) is 5.75 Å². The van der Waals surface area contributed by atoms with Crippen LogP contribution in [0.2, 0.25) is 0 Å². The number of phenolic OH excluding ortho intramolecular Hbond substituents is 1. The van der Waals surface area contributed by atoms with Crippen LogP contribution in [0.3, 0.4) is 0 Å². The third-order valence-corrected chi connectivity index (χ3v) is 3.71. The molecule has 0 radical (unpaired) electrons. The highest BCUT2D eigenvalue weighted by Crippen LogP contribution is 2.23. The highest BCUT2D eigenvalue weighted by atomic mass is 32.1. The zero-order chi connectivity index (χ0) is 20.8. The lowest BCUT2D eigenvalue weighted by molar-refractivity contribution is -0.139. The summed E-state index contributed by atoms with van der Waals surface area (Å²) in [4.78, 5) is 23.4. The van der Waals surface area contributed by atoms with Gasteiger partial charge in [-0.15, -0.1) is 0 Å². The lowest BCUT2D eigenvalue weighted by Gasteiger charge is -2.20. The molecular weight excluding hydrogens is 390 g/mol. The highest BCUT2D eigenvalue weighted by Gasteiger charge is 2.21. The second-order valence-electron chi connectivity index (χ2n) is 6.73. The summed E-state index contributed by atoms with van der Waals surface area (Å²) in [5.74, 6) is -1.29. The normalized spacial score (nSPS) is 12.0. The summed E-state index contributed by atoms with van der Waals surface area (Å²) >= 11 is 9.96. The number of aliphatic carboxylic acids is 1. The number of aromatic hydroxyl groups is 1. The van der Waals surface area contributed by atoms with Crippen LogP contribution in [0.25, 0.3) is 0 Å². The smallest absolute Gasteiger partial charge is 0.412 e. The number of ether oxygens (including phenoxy) is 1. The maximum absolute atomic E-state index is 11.9. The molecule has 0 aliphatic heterocycles. The predicted octanol–water partition coefficient (Wildman–Crippen LogP) is 2.52. The van der Waals surface area contributed by atoms with Gasteiger partial charge in [-0.25, -0.2) is 9.59 Å². The number of hydrogen-bond acceptors (Lipinski definition) is 6. The summed E-state index contributed by atoms with van der Waals surface area (Å²) in [5, 5.41) is 24.5. The molecule has 1 unspecified atom stereocenters. The number of carboxylic acid groups (broad SMARTS) is 1. The Labute approximate surface area is 168 Å². The van der Waals surface area contributed by atoms with Crippen LogP contribution in [0.1, 0.15) is 39.2 Å². The molecule has 0 aliphatic rings.